The Morgan fingerprint density at radius 1 is 1.03 bits per heavy atom. The molecule has 0 atom stereocenters. The lowest BCUT2D eigenvalue weighted by Crippen LogP contribution is -2.38. The third-order valence-electron chi connectivity index (χ3n) is 4.90. The van der Waals surface area contributed by atoms with Gasteiger partial charge in [0.05, 0.1) is 31.0 Å². The molecule has 1 aromatic heterocycles. The molecule has 2 aliphatic rings. The average molecular weight is 541 g/mol. The molecular formula is C19H23Br2N7O2. The van der Waals surface area contributed by atoms with Crippen molar-refractivity contribution in [2.24, 2.45) is 5.10 Å². The third-order valence-corrected chi connectivity index (χ3v) is 5.95. The van der Waals surface area contributed by atoms with Gasteiger partial charge in [0.1, 0.15) is 5.75 Å². The topological polar surface area (TPSA) is 88.0 Å². The highest BCUT2D eigenvalue weighted by Gasteiger charge is 2.21. The smallest absolute Gasteiger partial charge is 0.250 e. The van der Waals surface area contributed by atoms with Crippen LogP contribution in [0.4, 0.5) is 17.8 Å². The number of nitrogens with one attached hydrogen (secondary N) is 1. The van der Waals surface area contributed by atoms with Crippen molar-refractivity contribution >= 4 is 55.9 Å². The molecule has 30 heavy (non-hydrogen) atoms. The molecule has 0 saturated carbocycles. The molecule has 2 saturated heterocycles. The van der Waals surface area contributed by atoms with E-state index in [1.165, 1.54) is 0 Å². The van der Waals surface area contributed by atoms with Crippen LogP contribution in [0.1, 0.15) is 18.4 Å². The first-order valence-corrected chi connectivity index (χ1v) is 11.4. The Bertz CT molecular complexity index is 916. The Balaban J connectivity index is 1.58. The van der Waals surface area contributed by atoms with E-state index >= 15 is 0 Å². The van der Waals surface area contributed by atoms with E-state index in [4.69, 9.17) is 14.5 Å². The van der Waals surface area contributed by atoms with Gasteiger partial charge in [-0.3, -0.25) is 0 Å². The summed E-state index contributed by atoms with van der Waals surface area (Å²) < 4.78 is 12.7. The number of aromatic nitrogens is 3. The molecule has 3 heterocycles. The minimum Gasteiger partial charge on any atom is -0.495 e. The van der Waals surface area contributed by atoms with Gasteiger partial charge in [-0.1, -0.05) is 15.9 Å². The number of hydrogen-bond donors (Lipinski definition) is 1. The average Bonchev–Trinajstić information content (AvgIpc) is 3.29. The second kappa shape index (κ2) is 9.88. The second-order valence-electron chi connectivity index (χ2n) is 6.93. The van der Waals surface area contributed by atoms with Crippen molar-refractivity contribution < 1.29 is 9.47 Å². The van der Waals surface area contributed by atoms with Crippen molar-refractivity contribution in [3.8, 4) is 5.75 Å². The molecule has 0 amide bonds. The lowest BCUT2D eigenvalue weighted by atomic mass is 10.2. The standard InChI is InChI=1S/C19H23Br2N7O2/c1-29-16-13(10-14(20)11-15(16)21)12-22-26-17-23-18(27-4-2-3-5-27)25-19(24-17)28-6-8-30-9-7-28/h10-12H,2-9H2,1H3,(H,23,24,25,26). The summed E-state index contributed by atoms with van der Waals surface area (Å²) in [5, 5.41) is 4.35. The summed E-state index contributed by atoms with van der Waals surface area (Å²) in [6, 6.07) is 3.85. The Morgan fingerprint density at radius 2 is 1.70 bits per heavy atom. The fraction of sp³-hybridized carbons (Fsp3) is 0.474. The number of hydrogen-bond acceptors (Lipinski definition) is 9. The van der Waals surface area contributed by atoms with Gasteiger partial charge in [-0.25, -0.2) is 5.43 Å². The van der Waals surface area contributed by atoms with Crippen molar-refractivity contribution in [2.45, 2.75) is 12.8 Å². The molecule has 0 unspecified atom stereocenters. The van der Waals surface area contributed by atoms with Gasteiger partial charge >= 0.3 is 0 Å². The number of anilines is 3. The number of morpholine rings is 1. The summed E-state index contributed by atoms with van der Waals surface area (Å²) >= 11 is 7.00. The van der Waals surface area contributed by atoms with Crippen LogP contribution < -0.4 is 20.0 Å². The van der Waals surface area contributed by atoms with Crippen LogP contribution >= 0.6 is 31.9 Å². The minimum atomic E-state index is 0.415. The molecule has 0 aliphatic carbocycles. The fourth-order valence-electron chi connectivity index (χ4n) is 3.42. The molecule has 11 heteroatoms. The summed E-state index contributed by atoms with van der Waals surface area (Å²) in [4.78, 5) is 18.2. The Labute approximate surface area is 192 Å². The second-order valence-corrected chi connectivity index (χ2v) is 8.70. The Hall–Kier alpha value is -1.98. The van der Waals surface area contributed by atoms with Crippen LogP contribution in [0.25, 0.3) is 0 Å². The molecule has 160 valence electrons. The summed E-state index contributed by atoms with van der Waals surface area (Å²) in [6.07, 6.45) is 3.98. The molecule has 1 N–H and O–H groups in total. The van der Waals surface area contributed by atoms with Crippen LogP contribution in [-0.2, 0) is 4.74 Å². The van der Waals surface area contributed by atoms with Crippen molar-refractivity contribution in [3.05, 3.63) is 26.6 Å². The Kier molecular flexibility index (Phi) is 7.00. The number of benzene rings is 1. The molecule has 1 aromatic carbocycles. The predicted octanol–water partition coefficient (Wildman–Crippen LogP) is 3.29. The first-order valence-electron chi connectivity index (χ1n) is 9.80. The number of hydrazone groups is 1. The molecule has 9 nitrogen and oxygen atoms in total. The van der Waals surface area contributed by atoms with E-state index in [0.29, 0.717) is 36.8 Å². The molecule has 2 aromatic rings. The van der Waals surface area contributed by atoms with Crippen molar-refractivity contribution in [1.82, 2.24) is 15.0 Å². The van der Waals surface area contributed by atoms with Crippen LogP contribution in [-0.4, -0.2) is 67.7 Å². The highest BCUT2D eigenvalue weighted by Crippen LogP contribution is 2.31. The molecule has 0 spiro atoms. The highest BCUT2D eigenvalue weighted by molar-refractivity contribution is 9.11. The van der Waals surface area contributed by atoms with Crippen LogP contribution in [0, 0.1) is 0 Å². The zero-order valence-electron chi connectivity index (χ0n) is 16.6. The lowest BCUT2D eigenvalue weighted by molar-refractivity contribution is 0.122. The first kappa shape index (κ1) is 21.3. The van der Waals surface area contributed by atoms with E-state index in [2.05, 4.69) is 62.2 Å². The van der Waals surface area contributed by atoms with Gasteiger partial charge in [0.2, 0.25) is 17.8 Å². The summed E-state index contributed by atoms with van der Waals surface area (Å²) in [5.74, 6) is 2.45. The van der Waals surface area contributed by atoms with Crippen molar-refractivity contribution in [3.63, 3.8) is 0 Å². The zero-order valence-corrected chi connectivity index (χ0v) is 19.8. The van der Waals surface area contributed by atoms with Crippen LogP contribution in [0.5, 0.6) is 5.75 Å². The lowest BCUT2D eigenvalue weighted by Gasteiger charge is -2.27. The van der Waals surface area contributed by atoms with E-state index in [-0.39, 0.29) is 0 Å². The largest absolute Gasteiger partial charge is 0.495 e. The maximum atomic E-state index is 5.47. The monoisotopic (exact) mass is 539 g/mol. The summed E-state index contributed by atoms with van der Waals surface area (Å²) in [5.41, 5.74) is 3.78. The van der Waals surface area contributed by atoms with Crippen LogP contribution in [0.2, 0.25) is 0 Å². The molecular weight excluding hydrogens is 518 g/mol. The molecule has 0 bridgehead atoms. The zero-order chi connectivity index (χ0) is 20.9. The van der Waals surface area contributed by atoms with Gasteiger partial charge in [0.15, 0.2) is 0 Å². The maximum absolute atomic E-state index is 5.47. The van der Waals surface area contributed by atoms with Gasteiger partial charge in [0, 0.05) is 36.2 Å². The van der Waals surface area contributed by atoms with Crippen LogP contribution in [0.15, 0.2) is 26.2 Å². The quantitative estimate of drug-likeness (QED) is 0.441. The SMILES string of the molecule is COc1c(Br)cc(Br)cc1C=NNc1nc(N2CCCC2)nc(N2CCOCC2)n1. The molecule has 4 rings (SSSR count). The van der Waals surface area contributed by atoms with E-state index in [1.54, 1.807) is 13.3 Å². The van der Waals surface area contributed by atoms with E-state index in [9.17, 15) is 0 Å². The number of ether oxygens (including phenoxy) is 2. The van der Waals surface area contributed by atoms with Crippen molar-refractivity contribution in [2.75, 3.05) is 61.7 Å². The van der Waals surface area contributed by atoms with Gasteiger partial charge in [-0.15, -0.1) is 0 Å². The van der Waals surface area contributed by atoms with Gasteiger partial charge in [-0.05, 0) is 40.9 Å². The van der Waals surface area contributed by atoms with E-state index in [1.807, 2.05) is 12.1 Å². The fourth-order valence-corrected chi connectivity index (χ4v) is 4.84. The van der Waals surface area contributed by atoms with E-state index < -0.39 is 0 Å². The van der Waals surface area contributed by atoms with Gasteiger partial charge < -0.3 is 19.3 Å². The van der Waals surface area contributed by atoms with E-state index in [0.717, 1.165) is 53.5 Å². The molecule has 2 aliphatic heterocycles. The minimum absolute atomic E-state index is 0.415. The highest BCUT2D eigenvalue weighted by atomic mass is 79.9. The number of halogens is 2. The number of methoxy groups -OCH3 is 1. The summed E-state index contributed by atoms with van der Waals surface area (Å²) in [7, 11) is 1.63. The first-order chi connectivity index (χ1) is 14.6. The normalized spacial score (nSPS) is 17.0. The Morgan fingerprint density at radius 3 is 2.37 bits per heavy atom. The number of nitrogens with zero attached hydrogens (tertiary/aromatic N) is 6. The maximum Gasteiger partial charge on any atom is 0.250 e. The summed E-state index contributed by atoms with van der Waals surface area (Å²) in [6.45, 7) is 4.77. The third kappa shape index (κ3) is 5.01. The van der Waals surface area contributed by atoms with Crippen molar-refractivity contribution in [1.29, 1.82) is 0 Å². The van der Waals surface area contributed by atoms with Crippen LogP contribution in [0.3, 0.4) is 0 Å². The number of rotatable bonds is 6. The van der Waals surface area contributed by atoms with Gasteiger partial charge in [-0.2, -0.15) is 20.1 Å². The molecule has 0 radical (unpaired) electrons. The predicted molar refractivity (Wildman–Crippen MR) is 124 cm³/mol. The molecule has 2 fully saturated rings. The van der Waals surface area contributed by atoms with Gasteiger partial charge in [0.25, 0.3) is 0 Å².